The third-order valence-corrected chi connectivity index (χ3v) is 4.93. The van der Waals surface area contributed by atoms with Crippen molar-refractivity contribution in [2.75, 3.05) is 10.6 Å². The summed E-state index contributed by atoms with van der Waals surface area (Å²) in [6, 6.07) is 16.8. The van der Waals surface area contributed by atoms with Gasteiger partial charge >= 0.3 is 0 Å². The summed E-state index contributed by atoms with van der Waals surface area (Å²) in [5.74, 6) is 0.245. The van der Waals surface area contributed by atoms with Gasteiger partial charge in [-0.25, -0.2) is 4.68 Å². The zero-order valence-electron chi connectivity index (χ0n) is 15.9. The van der Waals surface area contributed by atoms with E-state index in [9.17, 15) is 9.59 Å². The summed E-state index contributed by atoms with van der Waals surface area (Å²) in [7, 11) is 0. The Morgan fingerprint density at radius 1 is 1.14 bits per heavy atom. The van der Waals surface area contributed by atoms with Gasteiger partial charge in [0.15, 0.2) is 0 Å². The molecule has 4 rings (SSSR count). The second-order valence-electron chi connectivity index (χ2n) is 6.96. The Balaban J connectivity index is 1.59. The van der Waals surface area contributed by atoms with Crippen molar-refractivity contribution in [1.82, 2.24) is 9.78 Å². The topological polar surface area (TPSA) is 76.0 Å². The Bertz CT molecular complexity index is 1020. The third-order valence-electron chi connectivity index (χ3n) is 4.93. The summed E-state index contributed by atoms with van der Waals surface area (Å²) >= 11 is 0. The number of aromatic nitrogens is 2. The molecule has 0 bridgehead atoms. The van der Waals surface area contributed by atoms with Crippen molar-refractivity contribution in [2.24, 2.45) is 0 Å². The number of carbonyl (C=O) groups excluding carboxylic acids is 2. The van der Waals surface area contributed by atoms with Gasteiger partial charge in [0.05, 0.1) is 12.1 Å². The van der Waals surface area contributed by atoms with Crippen LogP contribution in [-0.4, -0.2) is 21.6 Å². The Morgan fingerprint density at radius 2 is 1.86 bits per heavy atom. The van der Waals surface area contributed by atoms with E-state index in [0.29, 0.717) is 11.5 Å². The first-order valence-electron chi connectivity index (χ1n) is 9.41. The van der Waals surface area contributed by atoms with Gasteiger partial charge in [0.1, 0.15) is 11.9 Å². The summed E-state index contributed by atoms with van der Waals surface area (Å²) < 4.78 is 1.66. The maximum Gasteiger partial charge on any atom is 0.251 e. The number of benzene rings is 2. The number of rotatable bonds is 5. The summed E-state index contributed by atoms with van der Waals surface area (Å²) in [6.45, 7) is 4.02. The predicted octanol–water partition coefficient (Wildman–Crippen LogP) is 3.94. The number of hydrogen-bond donors (Lipinski definition) is 2. The summed E-state index contributed by atoms with van der Waals surface area (Å²) in [5.41, 5.74) is 4.68. The van der Waals surface area contributed by atoms with Crippen molar-refractivity contribution in [2.45, 2.75) is 32.7 Å². The maximum absolute atomic E-state index is 12.6. The van der Waals surface area contributed by atoms with E-state index in [-0.39, 0.29) is 18.2 Å². The molecule has 2 amide bonds. The van der Waals surface area contributed by atoms with Crippen LogP contribution in [0.15, 0.2) is 54.6 Å². The fourth-order valence-corrected chi connectivity index (χ4v) is 3.50. The summed E-state index contributed by atoms with van der Waals surface area (Å²) in [6.07, 6.45) is 0.772. The molecule has 0 fully saturated rings. The number of anilines is 2. The maximum atomic E-state index is 12.6. The van der Waals surface area contributed by atoms with Crippen molar-refractivity contribution in [3.05, 3.63) is 65.9 Å². The second-order valence-corrected chi connectivity index (χ2v) is 6.96. The fourth-order valence-electron chi connectivity index (χ4n) is 3.50. The first kappa shape index (κ1) is 18.0. The lowest BCUT2D eigenvalue weighted by Gasteiger charge is -2.10. The van der Waals surface area contributed by atoms with E-state index in [4.69, 9.17) is 0 Å². The van der Waals surface area contributed by atoms with Gasteiger partial charge in [-0.05, 0) is 31.0 Å². The first-order chi connectivity index (χ1) is 13.6. The van der Waals surface area contributed by atoms with Gasteiger partial charge in [-0.3, -0.25) is 9.59 Å². The fraction of sp³-hybridized carbons (Fsp3) is 0.227. The van der Waals surface area contributed by atoms with Crippen LogP contribution in [0.4, 0.5) is 11.5 Å². The number of hydrogen-bond acceptors (Lipinski definition) is 3. The SMILES string of the molecule is CCc1nn2c(c1-c1ccccc1)NC(=O)[C@H]2CC(=O)Nc1ccc(C)cc1. The molecule has 6 heteroatoms. The average molecular weight is 374 g/mol. The van der Waals surface area contributed by atoms with Crippen molar-refractivity contribution in [3.63, 3.8) is 0 Å². The van der Waals surface area contributed by atoms with Crippen molar-refractivity contribution >= 4 is 23.3 Å². The number of fused-ring (bicyclic) bond motifs is 1. The number of aryl methyl sites for hydroxylation is 2. The molecule has 6 nitrogen and oxygen atoms in total. The summed E-state index contributed by atoms with van der Waals surface area (Å²) in [5, 5.41) is 10.4. The molecule has 2 N–H and O–H groups in total. The van der Waals surface area contributed by atoms with Crippen LogP contribution in [0.1, 0.15) is 30.6 Å². The predicted molar refractivity (Wildman–Crippen MR) is 109 cm³/mol. The van der Waals surface area contributed by atoms with Crippen LogP contribution in [0.3, 0.4) is 0 Å². The van der Waals surface area contributed by atoms with E-state index in [1.807, 2.05) is 68.4 Å². The highest BCUT2D eigenvalue weighted by molar-refractivity contribution is 6.04. The Hall–Kier alpha value is -3.41. The molecule has 0 aliphatic carbocycles. The van der Waals surface area contributed by atoms with Crippen LogP contribution < -0.4 is 10.6 Å². The smallest absolute Gasteiger partial charge is 0.251 e. The molecule has 28 heavy (non-hydrogen) atoms. The van der Waals surface area contributed by atoms with Gasteiger partial charge in [-0.2, -0.15) is 5.10 Å². The van der Waals surface area contributed by atoms with Gasteiger partial charge in [-0.1, -0.05) is 55.0 Å². The highest BCUT2D eigenvalue weighted by atomic mass is 16.2. The normalized spacial score (nSPS) is 15.2. The number of nitrogens with zero attached hydrogens (tertiary/aromatic N) is 2. The molecule has 2 heterocycles. The van der Waals surface area contributed by atoms with Crippen molar-refractivity contribution in [1.29, 1.82) is 0 Å². The lowest BCUT2D eigenvalue weighted by Crippen LogP contribution is -2.23. The van der Waals surface area contributed by atoms with Gasteiger partial charge in [0.25, 0.3) is 5.91 Å². The molecule has 1 aromatic heterocycles. The highest BCUT2D eigenvalue weighted by Gasteiger charge is 2.36. The lowest BCUT2D eigenvalue weighted by atomic mass is 10.0. The lowest BCUT2D eigenvalue weighted by molar-refractivity contribution is -0.123. The molecular formula is C22H22N4O2. The average Bonchev–Trinajstić information content (AvgIpc) is 3.20. The van der Waals surface area contributed by atoms with E-state index >= 15 is 0 Å². The van der Waals surface area contributed by atoms with Gasteiger partial charge < -0.3 is 10.6 Å². The highest BCUT2D eigenvalue weighted by Crippen LogP contribution is 2.38. The van der Waals surface area contributed by atoms with Crippen molar-refractivity contribution < 1.29 is 9.59 Å². The molecular weight excluding hydrogens is 352 g/mol. The molecule has 1 aliphatic heterocycles. The minimum absolute atomic E-state index is 0.0335. The number of nitrogens with one attached hydrogen (secondary N) is 2. The van der Waals surface area contributed by atoms with Gasteiger partial charge in [-0.15, -0.1) is 0 Å². The van der Waals surface area contributed by atoms with E-state index in [1.54, 1.807) is 4.68 Å². The second kappa shape index (κ2) is 7.31. The van der Waals surface area contributed by atoms with E-state index in [2.05, 4.69) is 15.7 Å². The van der Waals surface area contributed by atoms with Crippen LogP contribution >= 0.6 is 0 Å². The standard InChI is InChI=1S/C22H22N4O2/c1-3-17-20(15-7-5-4-6-8-15)21-24-22(28)18(26(21)25-17)13-19(27)23-16-11-9-14(2)10-12-16/h4-12,18H,3,13H2,1-2H3,(H,23,27)(H,24,28)/t18-/m1/s1. The van der Waals surface area contributed by atoms with Gasteiger partial charge in [0.2, 0.25) is 5.91 Å². The van der Waals surface area contributed by atoms with Gasteiger partial charge in [0, 0.05) is 11.3 Å². The van der Waals surface area contributed by atoms with Crippen LogP contribution in [0, 0.1) is 6.92 Å². The molecule has 142 valence electrons. The van der Waals surface area contributed by atoms with E-state index in [1.165, 1.54) is 0 Å². The number of carbonyl (C=O) groups is 2. The molecule has 1 aliphatic rings. The Kier molecular flexibility index (Phi) is 4.69. The monoisotopic (exact) mass is 374 g/mol. The molecule has 0 radical (unpaired) electrons. The molecule has 2 aromatic carbocycles. The van der Waals surface area contributed by atoms with E-state index in [0.717, 1.165) is 28.8 Å². The quantitative estimate of drug-likeness (QED) is 0.710. The molecule has 0 saturated carbocycles. The molecule has 0 spiro atoms. The Morgan fingerprint density at radius 3 is 2.54 bits per heavy atom. The van der Waals surface area contributed by atoms with Crippen molar-refractivity contribution in [3.8, 4) is 11.1 Å². The number of amides is 2. The van der Waals surface area contributed by atoms with Crippen LogP contribution in [0.2, 0.25) is 0 Å². The van der Waals surface area contributed by atoms with Crippen LogP contribution in [0.5, 0.6) is 0 Å². The molecule has 0 unspecified atom stereocenters. The zero-order valence-corrected chi connectivity index (χ0v) is 15.9. The Labute approximate surface area is 163 Å². The third kappa shape index (κ3) is 3.29. The minimum Gasteiger partial charge on any atom is -0.326 e. The molecule has 0 saturated heterocycles. The van der Waals surface area contributed by atoms with Crippen LogP contribution in [-0.2, 0) is 16.0 Å². The molecule has 3 aromatic rings. The first-order valence-corrected chi connectivity index (χ1v) is 9.41. The largest absolute Gasteiger partial charge is 0.326 e. The van der Waals surface area contributed by atoms with Crippen LogP contribution in [0.25, 0.3) is 11.1 Å². The molecule has 1 atom stereocenters. The minimum atomic E-state index is -0.650. The summed E-state index contributed by atoms with van der Waals surface area (Å²) in [4.78, 5) is 25.1. The van der Waals surface area contributed by atoms with E-state index < -0.39 is 6.04 Å². The zero-order chi connectivity index (χ0) is 19.7.